The van der Waals surface area contributed by atoms with E-state index in [1.807, 2.05) is 6.92 Å². The predicted molar refractivity (Wildman–Crippen MR) is 130 cm³/mol. The van der Waals surface area contributed by atoms with Crippen molar-refractivity contribution >= 4 is 39.1 Å². The van der Waals surface area contributed by atoms with Crippen LogP contribution in [0.1, 0.15) is 16.7 Å². The highest BCUT2D eigenvalue weighted by atomic mass is 32.2. The molecule has 0 radical (unpaired) electrons. The monoisotopic (exact) mass is 513 g/mol. The molecule has 1 saturated heterocycles. The van der Waals surface area contributed by atoms with Crippen molar-refractivity contribution in [2.75, 3.05) is 7.11 Å². The zero-order valence-corrected chi connectivity index (χ0v) is 20.4. The Balaban J connectivity index is 1.60. The minimum absolute atomic E-state index is 0.0233. The van der Waals surface area contributed by atoms with E-state index in [2.05, 4.69) is 0 Å². The van der Waals surface area contributed by atoms with Gasteiger partial charge in [0, 0.05) is 5.56 Å². The normalized spacial score (nSPS) is 15.1. The van der Waals surface area contributed by atoms with Gasteiger partial charge in [0.15, 0.2) is 11.5 Å². The van der Waals surface area contributed by atoms with Crippen LogP contribution in [0.5, 0.6) is 11.5 Å². The van der Waals surface area contributed by atoms with Crippen molar-refractivity contribution in [3.8, 4) is 11.5 Å². The van der Waals surface area contributed by atoms with E-state index >= 15 is 0 Å². The molecule has 7 nitrogen and oxygen atoms in total. The molecule has 0 N–H and O–H groups in total. The van der Waals surface area contributed by atoms with E-state index in [0.717, 1.165) is 10.5 Å². The second-order valence-corrected chi connectivity index (χ2v) is 10.2. The number of imide groups is 1. The molecule has 1 aliphatic heterocycles. The van der Waals surface area contributed by atoms with E-state index in [9.17, 15) is 22.4 Å². The topological polar surface area (TPSA) is 90.0 Å². The number of hydrogen-bond acceptors (Lipinski definition) is 7. The van der Waals surface area contributed by atoms with Gasteiger partial charge in [0.05, 0.1) is 18.6 Å². The summed E-state index contributed by atoms with van der Waals surface area (Å²) in [6, 6.07) is 16.6. The van der Waals surface area contributed by atoms with Gasteiger partial charge in [-0.1, -0.05) is 42.0 Å². The third-order valence-electron chi connectivity index (χ3n) is 5.15. The molecule has 1 aliphatic rings. The second kappa shape index (κ2) is 9.93. The molecule has 0 aromatic heterocycles. The van der Waals surface area contributed by atoms with Gasteiger partial charge in [-0.15, -0.1) is 0 Å². The van der Waals surface area contributed by atoms with Gasteiger partial charge in [-0.05, 0) is 60.7 Å². The van der Waals surface area contributed by atoms with E-state index < -0.39 is 27.1 Å². The number of amides is 2. The van der Waals surface area contributed by atoms with E-state index in [1.54, 1.807) is 24.3 Å². The first-order valence-electron chi connectivity index (χ1n) is 10.4. The molecule has 0 spiro atoms. The Morgan fingerprint density at radius 2 is 1.71 bits per heavy atom. The number of benzene rings is 3. The van der Waals surface area contributed by atoms with Gasteiger partial charge in [-0.3, -0.25) is 14.5 Å². The third kappa shape index (κ3) is 5.39. The van der Waals surface area contributed by atoms with Crippen molar-refractivity contribution in [2.24, 2.45) is 0 Å². The molecule has 0 atom stereocenters. The van der Waals surface area contributed by atoms with Crippen LogP contribution >= 0.6 is 11.8 Å². The fraction of sp³-hybridized carbons (Fsp3) is 0.120. The maximum Gasteiger partial charge on any atom is 0.339 e. The molecule has 3 aromatic rings. The van der Waals surface area contributed by atoms with Crippen LogP contribution in [0.2, 0.25) is 0 Å². The lowest BCUT2D eigenvalue weighted by molar-refractivity contribution is -0.123. The van der Waals surface area contributed by atoms with Crippen LogP contribution in [0.25, 0.3) is 6.08 Å². The average Bonchev–Trinajstić information content (AvgIpc) is 3.08. The minimum atomic E-state index is -4.14. The van der Waals surface area contributed by atoms with Crippen molar-refractivity contribution < 1.29 is 31.3 Å². The van der Waals surface area contributed by atoms with E-state index in [4.69, 9.17) is 8.92 Å². The van der Waals surface area contributed by atoms with Gasteiger partial charge in [0.1, 0.15) is 10.7 Å². The highest BCUT2D eigenvalue weighted by Gasteiger charge is 2.35. The van der Waals surface area contributed by atoms with Crippen molar-refractivity contribution in [1.82, 2.24) is 4.90 Å². The molecule has 0 unspecified atom stereocenters. The Kier molecular flexibility index (Phi) is 6.95. The molecule has 0 aliphatic carbocycles. The first-order chi connectivity index (χ1) is 16.7. The summed E-state index contributed by atoms with van der Waals surface area (Å²) in [7, 11) is -2.77. The summed E-state index contributed by atoms with van der Waals surface area (Å²) in [6.07, 6.45) is 1.44. The van der Waals surface area contributed by atoms with Gasteiger partial charge in [0.25, 0.3) is 11.1 Å². The number of ether oxygens (including phenoxy) is 1. The summed E-state index contributed by atoms with van der Waals surface area (Å²) in [5.74, 6) is -0.992. The molecule has 1 heterocycles. The predicted octanol–water partition coefficient (Wildman–Crippen LogP) is 5.15. The average molecular weight is 514 g/mol. The summed E-state index contributed by atoms with van der Waals surface area (Å²) in [4.78, 5) is 26.3. The van der Waals surface area contributed by atoms with Gasteiger partial charge in [-0.2, -0.15) is 8.42 Å². The van der Waals surface area contributed by atoms with E-state index in [1.165, 1.54) is 55.7 Å². The lowest BCUT2D eigenvalue weighted by atomic mass is 10.1. The standard InChI is InChI=1S/C25H20FNO6S2/c1-16-7-10-19(11-8-16)35(30,31)33-22-13-17(9-12-21(22)32-2)14-23-24(28)27(25(29)34-23)15-18-5-3-4-6-20(18)26/h3-14H,15H2,1-2H3/b23-14-. The SMILES string of the molecule is COc1ccc(/C=C2\SC(=O)N(Cc3ccccc3F)C2=O)cc1OS(=O)(=O)c1ccc(C)cc1. The van der Waals surface area contributed by atoms with Gasteiger partial charge >= 0.3 is 10.1 Å². The highest BCUT2D eigenvalue weighted by molar-refractivity contribution is 8.18. The number of carbonyl (C=O) groups is 2. The number of thioether (sulfide) groups is 1. The molecule has 0 saturated carbocycles. The summed E-state index contributed by atoms with van der Waals surface area (Å²) >= 11 is 0.715. The van der Waals surface area contributed by atoms with Crippen molar-refractivity contribution in [2.45, 2.75) is 18.4 Å². The van der Waals surface area contributed by atoms with Crippen LogP contribution in [-0.4, -0.2) is 31.6 Å². The summed E-state index contributed by atoms with van der Waals surface area (Å²) < 4.78 is 50.0. The maximum atomic E-state index is 14.0. The lowest BCUT2D eigenvalue weighted by Gasteiger charge is -2.13. The summed E-state index contributed by atoms with van der Waals surface area (Å²) in [5.41, 5.74) is 1.53. The first-order valence-corrected chi connectivity index (χ1v) is 12.6. The van der Waals surface area contributed by atoms with Crippen molar-refractivity contribution in [3.63, 3.8) is 0 Å². The number of carbonyl (C=O) groups excluding carboxylic acids is 2. The largest absolute Gasteiger partial charge is 0.493 e. The Hall–Kier alpha value is -3.63. The minimum Gasteiger partial charge on any atom is -0.493 e. The smallest absolute Gasteiger partial charge is 0.339 e. The first kappa shape index (κ1) is 24.5. The molecule has 1 fully saturated rings. The Morgan fingerprint density at radius 1 is 1.00 bits per heavy atom. The van der Waals surface area contributed by atoms with Gasteiger partial charge in [0.2, 0.25) is 0 Å². The molecule has 3 aromatic carbocycles. The molecule has 2 amide bonds. The Labute approximate surface area is 206 Å². The van der Waals surface area contributed by atoms with Crippen LogP contribution in [0.15, 0.2) is 76.5 Å². The third-order valence-corrected chi connectivity index (χ3v) is 7.31. The Morgan fingerprint density at radius 3 is 2.40 bits per heavy atom. The molecule has 0 bridgehead atoms. The quantitative estimate of drug-likeness (QED) is 0.319. The summed E-state index contributed by atoms with van der Waals surface area (Å²) in [6.45, 7) is 1.64. The second-order valence-electron chi connectivity index (χ2n) is 7.62. The van der Waals surface area contributed by atoms with Gasteiger partial charge in [-0.25, -0.2) is 4.39 Å². The zero-order valence-electron chi connectivity index (χ0n) is 18.7. The van der Waals surface area contributed by atoms with E-state index in [-0.39, 0.29) is 33.4 Å². The molecular formula is C25H20FNO6S2. The number of methoxy groups -OCH3 is 1. The lowest BCUT2D eigenvalue weighted by Crippen LogP contribution is -2.27. The Bertz CT molecular complexity index is 1430. The van der Waals surface area contributed by atoms with Crippen LogP contribution in [0.4, 0.5) is 9.18 Å². The molecule has 10 heteroatoms. The maximum absolute atomic E-state index is 14.0. The molecule has 4 rings (SSSR count). The number of aryl methyl sites for hydroxylation is 1. The van der Waals surface area contributed by atoms with Crippen molar-refractivity contribution in [1.29, 1.82) is 0 Å². The molecular weight excluding hydrogens is 493 g/mol. The number of halogens is 1. The molecule has 35 heavy (non-hydrogen) atoms. The number of nitrogens with zero attached hydrogens (tertiary/aromatic N) is 1. The highest BCUT2D eigenvalue weighted by Crippen LogP contribution is 2.36. The van der Waals surface area contributed by atoms with Crippen LogP contribution in [-0.2, 0) is 21.5 Å². The fourth-order valence-electron chi connectivity index (χ4n) is 3.30. The summed E-state index contributed by atoms with van der Waals surface area (Å²) in [5, 5.41) is -0.531. The zero-order chi connectivity index (χ0) is 25.2. The van der Waals surface area contributed by atoms with Crippen LogP contribution < -0.4 is 8.92 Å². The fourth-order valence-corrected chi connectivity index (χ4v) is 5.07. The number of rotatable bonds is 7. The van der Waals surface area contributed by atoms with E-state index in [0.29, 0.717) is 17.3 Å². The molecule has 180 valence electrons. The van der Waals surface area contributed by atoms with Crippen LogP contribution in [0.3, 0.4) is 0 Å². The van der Waals surface area contributed by atoms with Crippen molar-refractivity contribution in [3.05, 3.63) is 94.1 Å². The van der Waals surface area contributed by atoms with Crippen LogP contribution in [0, 0.1) is 12.7 Å². The van der Waals surface area contributed by atoms with Gasteiger partial charge < -0.3 is 8.92 Å². The number of hydrogen-bond donors (Lipinski definition) is 0.